The summed E-state index contributed by atoms with van der Waals surface area (Å²) in [7, 11) is 0. The van der Waals surface area contributed by atoms with Crippen LogP contribution in [-0.4, -0.2) is 259 Å². The Labute approximate surface area is 831 Å². The van der Waals surface area contributed by atoms with E-state index in [0.29, 0.717) is 72.8 Å². The molecule has 0 saturated carbocycles. The minimum atomic E-state index is -1.38. The highest BCUT2D eigenvalue weighted by atomic mass is 16.6. The largest absolute Gasteiger partial charge is 0.508 e. The second-order valence-corrected chi connectivity index (χ2v) is 34.1. The van der Waals surface area contributed by atoms with Gasteiger partial charge in [-0.05, 0) is 194 Å². The van der Waals surface area contributed by atoms with Crippen LogP contribution in [0, 0.1) is 20.8 Å². The van der Waals surface area contributed by atoms with E-state index in [1.165, 1.54) is 61.7 Å². The first-order valence-electron chi connectivity index (χ1n) is 46.3. The van der Waals surface area contributed by atoms with Crippen LogP contribution in [-0.2, 0) is 52.7 Å². The molecule has 0 radical (unpaired) electrons. The van der Waals surface area contributed by atoms with Crippen LogP contribution >= 0.6 is 0 Å². The van der Waals surface area contributed by atoms with E-state index in [0.717, 1.165) is 99.4 Å². The lowest BCUT2D eigenvalue weighted by atomic mass is 10.0. The number of phenols is 2. The van der Waals surface area contributed by atoms with Crippen molar-refractivity contribution in [1.82, 2.24) is 46.2 Å². The van der Waals surface area contributed by atoms with Crippen LogP contribution in [0.25, 0.3) is 0 Å². The van der Waals surface area contributed by atoms with E-state index in [2.05, 4.69) is 45.2 Å². The third-order valence-electron chi connectivity index (χ3n) is 23.4. The SMILES string of the molecule is CCCCCCO.CCCCCCOc1ccc2c(c1)C(=O)N(C1CCC(=O)NC1=O)C2=O.Cc1ccc(C(=O)O)c(C(=O)O)c1.Cc1ccc2c(c1)C(=O)N(C1CCC(=O)NC1=O)C2=O.Cc1ccc2c(c1)C(=O)OC2=O.NC1CCC(=O)NC1=O.O=C(O)c1ccc(O)cc1C(=O)O.O=C1CCC(N2C(=O)c3ccc(O)cc3C2=O)C(=O)N1.O=C1CCC(N2C(=O)c3ccc(OCCCCCO)cc3C2=O)C(=O)N1. The molecule has 18 amide bonds. The van der Waals surface area contributed by atoms with Crippen LogP contribution in [0.2, 0.25) is 0 Å². The number of hydrogen-bond acceptors (Lipinski definition) is 32. The van der Waals surface area contributed by atoms with Gasteiger partial charge in [-0.15, -0.1) is 0 Å². The molecule has 770 valence electrons. The maximum absolute atomic E-state index is 12.7. The number of aromatic hydroxyl groups is 2. The zero-order valence-electron chi connectivity index (χ0n) is 79.7. The number of phenolic OH excluding ortho intramolecular Hbond substituents is 2. The average molecular weight is 2020 g/mol. The van der Waals surface area contributed by atoms with Crippen molar-refractivity contribution in [3.63, 3.8) is 0 Å². The molecule has 10 heterocycles. The number of nitrogens with one attached hydrogen (secondary N) is 5. The number of amides is 18. The van der Waals surface area contributed by atoms with Gasteiger partial charge in [-0.1, -0.05) is 87.3 Å². The van der Waals surface area contributed by atoms with E-state index >= 15 is 0 Å². The van der Waals surface area contributed by atoms with Gasteiger partial charge in [-0.2, -0.15) is 0 Å². The third kappa shape index (κ3) is 28.7. The molecule has 45 nitrogen and oxygen atoms in total. The molecular weight excluding hydrogens is 1910 g/mol. The molecule has 5 unspecified atom stereocenters. The van der Waals surface area contributed by atoms with Crippen LogP contribution in [0.1, 0.15) is 310 Å². The number of esters is 2. The first-order chi connectivity index (χ1) is 69.4. The first-order valence-corrected chi connectivity index (χ1v) is 46.3. The number of nitrogens with two attached hydrogens (primary N) is 1. The average Bonchev–Trinajstić information content (AvgIpc) is 1.63. The number of hydrogen-bond donors (Lipinski definition) is 14. The predicted molar refractivity (Wildman–Crippen MR) is 505 cm³/mol. The van der Waals surface area contributed by atoms with E-state index in [9.17, 15) is 120 Å². The van der Waals surface area contributed by atoms with E-state index in [4.69, 9.17) is 51.0 Å². The number of benzene rings is 7. The number of aliphatic hydroxyl groups is 2. The molecule has 146 heavy (non-hydrogen) atoms. The summed E-state index contributed by atoms with van der Waals surface area (Å²) >= 11 is 0. The number of aromatic carboxylic acids is 4. The van der Waals surface area contributed by atoms with Crippen molar-refractivity contribution in [3.8, 4) is 23.0 Å². The van der Waals surface area contributed by atoms with Gasteiger partial charge < -0.3 is 60.8 Å². The molecule has 45 heteroatoms. The van der Waals surface area contributed by atoms with Crippen LogP contribution in [0.4, 0.5) is 0 Å². The number of ether oxygens (including phenoxy) is 3. The summed E-state index contributed by atoms with van der Waals surface area (Å²) in [4.78, 5) is 281. The van der Waals surface area contributed by atoms with Crippen LogP contribution in [0.3, 0.4) is 0 Å². The number of imide groups is 9. The van der Waals surface area contributed by atoms with Gasteiger partial charge in [0, 0.05) is 45.3 Å². The molecule has 5 saturated heterocycles. The van der Waals surface area contributed by atoms with Gasteiger partial charge in [0.25, 0.3) is 47.3 Å². The number of cyclic esters (lactones) is 2. The molecule has 10 aliphatic rings. The Balaban J connectivity index is 0.000000187. The van der Waals surface area contributed by atoms with Gasteiger partial charge in [-0.3, -0.25) is 132 Å². The lowest BCUT2D eigenvalue weighted by molar-refractivity contribution is -0.137. The van der Waals surface area contributed by atoms with Crippen molar-refractivity contribution in [2.75, 3.05) is 26.4 Å². The molecule has 0 aliphatic carbocycles. The van der Waals surface area contributed by atoms with Gasteiger partial charge in [0.1, 0.15) is 47.2 Å². The number of carboxylic acid groups (broad SMARTS) is 4. The Morgan fingerprint density at radius 2 is 0.596 bits per heavy atom. The van der Waals surface area contributed by atoms with Gasteiger partial charge in [-0.25, -0.2) is 28.8 Å². The summed E-state index contributed by atoms with van der Waals surface area (Å²) in [6.45, 7) is 11.2. The topological polar surface area (TPSA) is 698 Å². The molecule has 5 fully saturated rings. The fourth-order valence-electron chi connectivity index (χ4n) is 15.8. The van der Waals surface area contributed by atoms with Gasteiger partial charge >= 0.3 is 35.8 Å². The minimum absolute atomic E-state index is 0.0692. The number of rotatable bonds is 24. The van der Waals surface area contributed by atoms with Gasteiger partial charge in [0.2, 0.25) is 59.1 Å². The number of aliphatic hydroxyl groups excluding tert-OH is 2. The maximum Gasteiger partial charge on any atom is 0.346 e. The molecule has 7 aromatic carbocycles. The van der Waals surface area contributed by atoms with E-state index in [1.807, 2.05) is 13.8 Å². The lowest BCUT2D eigenvalue weighted by Crippen LogP contribution is -2.54. The van der Waals surface area contributed by atoms with E-state index in [1.54, 1.807) is 73.7 Å². The highest BCUT2D eigenvalue weighted by Crippen LogP contribution is 2.36. The minimum Gasteiger partial charge on any atom is -0.508 e. The Hall–Kier alpha value is -17.1. The van der Waals surface area contributed by atoms with Crippen molar-refractivity contribution >= 4 is 142 Å². The normalized spacial score (nSPS) is 18.1. The summed E-state index contributed by atoms with van der Waals surface area (Å²) in [5.74, 6) is -14.6. The molecule has 0 aromatic heterocycles. The molecule has 7 aromatic rings. The lowest BCUT2D eigenvalue weighted by Gasteiger charge is -2.27. The number of carbonyl (C=O) groups is 24. The fourth-order valence-corrected chi connectivity index (χ4v) is 15.8. The first kappa shape index (κ1) is 113. The summed E-state index contributed by atoms with van der Waals surface area (Å²) in [6, 6.07) is 26.3. The number of unbranched alkanes of at least 4 members (excludes halogenated alkanes) is 8. The maximum atomic E-state index is 12.7. The van der Waals surface area contributed by atoms with Crippen LogP contribution < -0.4 is 41.8 Å². The highest BCUT2D eigenvalue weighted by molar-refractivity contribution is 6.27. The number of piperidine rings is 5. The smallest absolute Gasteiger partial charge is 0.346 e. The monoisotopic (exact) mass is 2020 g/mol. The standard InChI is InChI=1S/C19H22N2O5.C18H20N2O6.C14H12N2O4.C13H10N2O5.C9H8O4.C9H6O3.C8H6O5.C6H14O.C5H8N2O2/c1-2-3-4-5-10-26-12-6-7-13-14(11-12)19(25)21(18(13)24)15-8-9-16(22)20-17(15)23;21-8-2-1-3-9-26-11-4-5-12-13(10-11)18(25)20(17(12)24)14-6-7-15(22)19-16(14)23;1-7-2-3-8-9(6-7)14(20)16(13(8)19)10-4-5-11(17)15-12(10)18;16-6-1-2-7-8(5-6)13(20)15(12(7)19)9-3-4-10(17)14-11(9)18;1-5-2-3-6(8(10)11)7(4-5)9(12)13;1-5-2-3-6-7(4-5)9(11)12-8(6)10;9-4-1-2-5(7(10)11)6(3-4)8(12)13;1-2-3-4-5-6-7;6-3-1-2-4(8)7-5(3)9/h6-7,11,15H,2-5,8-10H2,1H3,(H,20,22,23);4-5,10,14,21H,1-3,6-9H2,(H,19,22,23);2-3,6,10H,4-5H2,1H3,(H,15,17,18);1-2,5,9,16H,3-4H2,(H,14,17,18);2-4H,1H3,(H,10,11)(H,12,13);2-4H,1H3;1-3,9H,(H,10,11)(H,12,13);7H,2-6H2,1H3;3H,1-2,6H2,(H,7,8,9). The van der Waals surface area contributed by atoms with Gasteiger partial charge in [0.05, 0.1) is 97.1 Å². The zero-order valence-corrected chi connectivity index (χ0v) is 79.7. The molecule has 0 bridgehead atoms. The van der Waals surface area contributed by atoms with E-state index in [-0.39, 0.29) is 143 Å². The molecule has 0 spiro atoms. The molecular formula is C101H106N10O35. The Morgan fingerprint density at radius 1 is 0.315 bits per heavy atom. The molecule has 10 aliphatic heterocycles. The van der Waals surface area contributed by atoms with Crippen LogP contribution in [0.5, 0.6) is 23.0 Å². The number of carbonyl (C=O) groups excluding carboxylic acids is 20. The van der Waals surface area contributed by atoms with Crippen molar-refractivity contribution < 1.29 is 170 Å². The Kier molecular flexibility index (Phi) is 40.1. The zero-order chi connectivity index (χ0) is 107. The number of carboxylic acids is 4. The second-order valence-electron chi connectivity index (χ2n) is 34.1. The summed E-state index contributed by atoms with van der Waals surface area (Å²) < 4.78 is 15.7. The Morgan fingerprint density at radius 3 is 0.959 bits per heavy atom. The number of nitrogens with zero attached hydrogens (tertiary/aromatic N) is 4. The second kappa shape index (κ2) is 52.1. The van der Waals surface area contributed by atoms with Crippen molar-refractivity contribution in [2.24, 2.45) is 5.73 Å². The summed E-state index contributed by atoms with van der Waals surface area (Å²) in [5.41, 5.74) is 9.22. The number of aryl methyl sites for hydroxylation is 3. The van der Waals surface area contributed by atoms with Gasteiger partial charge in [0.15, 0.2) is 0 Å². The van der Waals surface area contributed by atoms with Crippen LogP contribution in [0.15, 0.2) is 127 Å². The third-order valence-corrected chi connectivity index (χ3v) is 23.4. The molecule has 17 rings (SSSR count). The summed E-state index contributed by atoms with van der Waals surface area (Å²) in [6.07, 6.45) is 13.1. The predicted octanol–water partition coefficient (Wildman–Crippen LogP) is 6.66. The Bertz CT molecular complexity index is 6080. The van der Waals surface area contributed by atoms with Crippen molar-refractivity contribution in [3.05, 3.63) is 222 Å². The quantitative estimate of drug-likeness (QED) is 0.0130. The summed E-state index contributed by atoms with van der Waals surface area (Å²) in [5, 5.41) is 80.5. The van der Waals surface area contributed by atoms with E-state index < -0.39 is 154 Å². The molecule has 15 N–H and O–H groups in total. The molecule has 5 atom stereocenters. The van der Waals surface area contributed by atoms with Crippen molar-refractivity contribution in [1.29, 1.82) is 0 Å². The highest BCUT2D eigenvalue weighted by Gasteiger charge is 2.50. The fraction of sp³-hybridized carbons (Fsp3) is 0.347. The number of fused-ring (bicyclic) bond motifs is 5. The van der Waals surface area contributed by atoms with Crippen molar-refractivity contribution in [2.45, 2.75) is 200 Å².